The summed E-state index contributed by atoms with van der Waals surface area (Å²) in [6.07, 6.45) is 9.86. The summed E-state index contributed by atoms with van der Waals surface area (Å²) >= 11 is 0. The van der Waals surface area contributed by atoms with Crippen LogP contribution in [0.25, 0.3) is 11.3 Å². The molecule has 3 heteroatoms. The zero-order valence-electron chi connectivity index (χ0n) is 13.5. The van der Waals surface area contributed by atoms with Crippen molar-refractivity contribution in [2.45, 2.75) is 50.5 Å². The van der Waals surface area contributed by atoms with Crippen LogP contribution in [0.4, 0.5) is 0 Å². The summed E-state index contributed by atoms with van der Waals surface area (Å²) in [4.78, 5) is 4.81. The van der Waals surface area contributed by atoms with Crippen LogP contribution < -0.4 is 0 Å². The molecule has 3 aliphatic carbocycles. The molecule has 1 aromatic carbocycles. The minimum absolute atomic E-state index is 0.332. The van der Waals surface area contributed by atoms with E-state index in [2.05, 4.69) is 41.2 Å². The van der Waals surface area contributed by atoms with Crippen molar-refractivity contribution in [2.75, 3.05) is 6.61 Å². The summed E-state index contributed by atoms with van der Waals surface area (Å²) in [5.74, 6) is 1.18. The fourth-order valence-corrected chi connectivity index (χ4v) is 4.72. The maximum Gasteiger partial charge on any atom is 0.0958 e. The van der Waals surface area contributed by atoms with Crippen molar-refractivity contribution in [1.29, 1.82) is 0 Å². The first-order valence-corrected chi connectivity index (χ1v) is 9.01. The van der Waals surface area contributed by atoms with E-state index < -0.39 is 0 Å². The van der Waals surface area contributed by atoms with Gasteiger partial charge in [0.2, 0.25) is 0 Å². The minimum atomic E-state index is 0.332. The minimum Gasteiger partial charge on any atom is -0.396 e. The van der Waals surface area contributed by atoms with Crippen LogP contribution in [0.2, 0.25) is 0 Å². The van der Waals surface area contributed by atoms with Gasteiger partial charge in [-0.05, 0) is 49.9 Å². The number of nitrogens with zero attached hydrogens (tertiary/aromatic N) is 2. The fraction of sp³-hybridized carbons (Fsp3) is 0.550. The van der Waals surface area contributed by atoms with Gasteiger partial charge in [0.05, 0.1) is 12.0 Å². The van der Waals surface area contributed by atoms with E-state index in [1.54, 1.807) is 0 Å². The van der Waals surface area contributed by atoms with Crippen molar-refractivity contribution >= 4 is 0 Å². The lowest BCUT2D eigenvalue weighted by Crippen LogP contribution is -2.32. The highest BCUT2D eigenvalue weighted by Gasteiger charge is 2.54. The Morgan fingerprint density at radius 2 is 1.87 bits per heavy atom. The second-order valence-electron chi connectivity index (χ2n) is 8.03. The number of imidazole rings is 1. The summed E-state index contributed by atoms with van der Waals surface area (Å²) in [5.41, 5.74) is 4.62. The van der Waals surface area contributed by atoms with Crippen LogP contribution in [0.5, 0.6) is 0 Å². The lowest BCUT2D eigenvalue weighted by Gasteiger charge is -2.41. The molecule has 0 bridgehead atoms. The maximum absolute atomic E-state index is 9.32. The van der Waals surface area contributed by atoms with Crippen molar-refractivity contribution in [3.63, 3.8) is 0 Å². The quantitative estimate of drug-likeness (QED) is 0.921. The van der Waals surface area contributed by atoms with E-state index in [9.17, 15) is 5.11 Å². The topological polar surface area (TPSA) is 38.0 Å². The first-order chi connectivity index (χ1) is 11.3. The Balaban J connectivity index is 1.50. The van der Waals surface area contributed by atoms with Gasteiger partial charge in [-0.3, -0.25) is 0 Å². The molecule has 0 unspecified atom stereocenters. The average Bonchev–Trinajstić information content (AvgIpc) is 3.20. The van der Waals surface area contributed by atoms with Crippen LogP contribution in [0.15, 0.2) is 36.7 Å². The fourth-order valence-electron chi connectivity index (χ4n) is 4.72. The molecule has 5 rings (SSSR count). The molecule has 0 atom stereocenters. The second kappa shape index (κ2) is 4.94. The second-order valence-corrected chi connectivity index (χ2v) is 8.03. The van der Waals surface area contributed by atoms with Gasteiger partial charge >= 0.3 is 0 Å². The molecule has 3 nitrogen and oxygen atoms in total. The van der Waals surface area contributed by atoms with Crippen LogP contribution in [-0.2, 0) is 0 Å². The lowest BCUT2D eigenvalue weighted by atomic mass is 9.69. The number of hydrogen-bond acceptors (Lipinski definition) is 2. The molecule has 1 spiro atoms. The van der Waals surface area contributed by atoms with E-state index in [1.165, 1.54) is 42.6 Å². The lowest BCUT2D eigenvalue weighted by molar-refractivity contribution is 0.107. The monoisotopic (exact) mass is 308 g/mol. The number of aliphatic hydroxyl groups is 1. The highest BCUT2D eigenvalue weighted by molar-refractivity contribution is 5.63. The Kier molecular flexibility index (Phi) is 2.96. The molecule has 0 aliphatic heterocycles. The van der Waals surface area contributed by atoms with Gasteiger partial charge in [-0.1, -0.05) is 30.3 Å². The largest absolute Gasteiger partial charge is 0.396 e. The molecule has 1 N–H and O–H groups in total. The predicted octanol–water partition coefficient (Wildman–Crippen LogP) is 4.15. The van der Waals surface area contributed by atoms with Crippen molar-refractivity contribution in [2.24, 2.45) is 11.3 Å². The molecular formula is C20H24N2O. The third-order valence-corrected chi connectivity index (χ3v) is 6.44. The Labute approximate surface area is 137 Å². The van der Waals surface area contributed by atoms with Gasteiger partial charge in [-0.15, -0.1) is 0 Å². The zero-order valence-corrected chi connectivity index (χ0v) is 13.5. The zero-order chi connectivity index (χ0) is 15.4. The Morgan fingerprint density at radius 3 is 2.52 bits per heavy atom. The summed E-state index contributed by atoms with van der Waals surface area (Å²) in [6.45, 7) is 0.332. The van der Waals surface area contributed by atoms with Gasteiger partial charge in [-0.25, -0.2) is 4.98 Å². The highest BCUT2D eigenvalue weighted by atomic mass is 16.3. The molecule has 3 fully saturated rings. The van der Waals surface area contributed by atoms with Crippen LogP contribution in [0.1, 0.15) is 56.2 Å². The van der Waals surface area contributed by atoms with E-state index in [0.29, 0.717) is 29.9 Å². The Morgan fingerprint density at radius 1 is 1.13 bits per heavy atom. The SMILES string of the molecule is OCC1CC(n2cnc(-c3ccccc3)c2C2CC3(CC3)C2)C1. The van der Waals surface area contributed by atoms with E-state index in [-0.39, 0.29) is 0 Å². The first-order valence-electron chi connectivity index (χ1n) is 9.01. The van der Waals surface area contributed by atoms with E-state index in [1.807, 2.05) is 0 Å². The first kappa shape index (κ1) is 13.8. The van der Waals surface area contributed by atoms with Gasteiger partial charge in [0.25, 0.3) is 0 Å². The van der Waals surface area contributed by atoms with Crippen LogP contribution in [-0.4, -0.2) is 21.3 Å². The number of rotatable bonds is 4. The molecule has 0 radical (unpaired) electrons. The van der Waals surface area contributed by atoms with Crippen LogP contribution in [0.3, 0.4) is 0 Å². The van der Waals surface area contributed by atoms with Crippen LogP contribution in [0, 0.1) is 11.3 Å². The van der Waals surface area contributed by atoms with Crippen molar-refractivity contribution in [3.05, 3.63) is 42.4 Å². The van der Waals surface area contributed by atoms with Gasteiger partial charge in [0, 0.05) is 29.8 Å². The molecule has 3 saturated carbocycles. The molecule has 1 aromatic heterocycles. The van der Waals surface area contributed by atoms with Gasteiger partial charge in [0.1, 0.15) is 0 Å². The Bertz CT molecular complexity index is 702. The third-order valence-electron chi connectivity index (χ3n) is 6.44. The molecule has 0 amide bonds. The van der Waals surface area contributed by atoms with Crippen molar-refractivity contribution < 1.29 is 5.11 Å². The van der Waals surface area contributed by atoms with Gasteiger partial charge in [0.15, 0.2) is 0 Å². The molecule has 3 aliphatic rings. The van der Waals surface area contributed by atoms with Gasteiger partial charge in [-0.2, -0.15) is 0 Å². The number of benzene rings is 1. The summed E-state index contributed by atoms with van der Waals surface area (Å²) in [7, 11) is 0. The average molecular weight is 308 g/mol. The van der Waals surface area contributed by atoms with Crippen molar-refractivity contribution in [3.8, 4) is 11.3 Å². The van der Waals surface area contributed by atoms with Crippen LogP contribution >= 0.6 is 0 Å². The van der Waals surface area contributed by atoms with E-state index >= 15 is 0 Å². The molecule has 23 heavy (non-hydrogen) atoms. The van der Waals surface area contributed by atoms with Gasteiger partial charge < -0.3 is 9.67 Å². The Hall–Kier alpha value is -1.61. The molecule has 0 saturated heterocycles. The van der Waals surface area contributed by atoms with E-state index in [0.717, 1.165) is 12.8 Å². The van der Waals surface area contributed by atoms with E-state index in [4.69, 9.17) is 4.98 Å². The summed E-state index contributed by atoms with van der Waals surface area (Å²) in [5, 5.41) is 9.32. The summed E-state index contributed by atoms with van der Waals surface area (Å²) < 4.78 is 2.45. The number of aliphatic hydroxyl groups excluding tert-OH is 1. The number of hydrogen-bond donors (Lipinski definition) is 1. The third kappa shape index (κ3) is 2.17. The maximum atomic E-state index is 9.32. The molecular weight excluding hydrogens is 284 g/mol. The standard InChI is InChI=1S/C20H24N2O/c23-12-14-8-17(9-14)22-13-21-18(15-4-2-1-3-5-15)19(22)16-10-20(11-16)6-7-20/h1-5,13-14,16-17,23H,6-12H2. The molecule has 120 valence electrons. The molecule has 1 heterocycles. The smallest absolute Gasteiger partial charge is 0.0958 e. The molecule has 2 aromatic rings. The predicted molar refractivity (Wildman–Crippen MR) is 90.2 cm³/mol. The number of aromatic nitrogens is 2. The van der Waals surface area contributed by atoms with Crippen molar-refractivity contribution in [1.82, 2.24) is 9.55 Å². The summed E-state index contributed by atoms with van der Waals surface area (Å²) in [6, 6.07) is 11.2. The normalized spacial score (nSPS) is 28.4. The highest BCUT2D eigenvalue weighted by Crippen LogP contribution is 2.67.